The standard InChI is InChI=1S/C29H20N2/c1-3-19-5-15-25-26-16-6-20(4-2)18-28(26)29(27(25)17-19,21-7-11-23(30)12-8-21)22-9-13-24(31)14-10-22/h1-2,5-18H,30-31H2. The van der Waals surface area contributed by atoms with Crippen LogP contribution in [0.2, 0.25) is 0 Å². The Labute approximate surface area is 182 Å². The van der Waals surface area contributed by atoms with Crippen LogP contribution in [0.3, 0.4) is 0 Å². The van der Waals surface area contributed by atoms with Crippen molar-refractivity contribution in [3.63, 3.8) is 0 Å². The number of anilines is 2. The SMILES string of the molecule is C#Cc1ccc2c(c1)C(c1ccc(N)cc1)(c1ccc(N)cc1)c1cc(C#C)ccc1-2. The summed E-state index contributed by atoms with van der Waals surface area (Å²) in [6.07, 6.45) is 11.6. The fourth-order valence-electron chi connectivity index (χ4n) is 4.76. The number of fused-ring (bicyclic) bond motifs is 3. The minimum absolute atomic E-state index is 0.591. The second-order valence-corrected chi connectivity index (χ2v) is 7.80. The predicted molar refractivity (Wildman–Crippen MR) is 128 cm³/mol. The lowest BCUT2D eigenvalue weighted by Gasteiger charge is -2.34. The van der Waals surface area contributed by atoms with Crippen LogP contribution in [0.1, 0.15) is 33.4 Å². The van der Waals surface area contributed by atoms with Gasteiger partial charge >= 0.3 is 0 Å². The molecule has 1 aliphatic carbocycles. The number of hydrogen-bond acceptors (Lipinski definition) is 2. The van der Waals surface area contributed by atoms with E-state index >= 15 is 0 Å². The maximum Gasteiger partial charge on any atom is 0.0714 e. The van der Waals surface area contributed by atoms with Crippen molar-refractivity contribution in [2.24, 2.45) is 0 Å². The fourth-order valence-corrected chi connectivity index (χ4v) is 4.76. The molecule has 0 amide bonds. The molecular weight excluding hydrogens is 376 g/mol. The number of hydrogen-bond donors (Lipinski definition) is 2. The van der Waals surface area contributed by atoms with Crippen molar-refractivity contribution < 1.29 is 0 Å². The molecule has 0 saturated heterocycles. The Hall–Kier alpha value is -4.40. The Bertz CT molecular complexity index is 1280. The van der Waals surface area contributed by atoms with Gasteiger partial charge < -0.3 is 11.5 Å². The summed E-state index contributed by atoms with van der Waals surface area (Å²) < 4.78 is 0. The highest BCUT2D eigenvalue weighted by molar-refractivity contribution is 5.87. The van der Waals surface area contributed by atoms with Crippen LogP contribution in [-0.4, -0.2) is 0 Å². The Morgan fingerprint density at radius 3 is 1.29 bits per heavy atom. The Balaban J connectivity index is 1.98. The smallest absolute Gasteiger partial charge is 0.0714 e. The van der Waals surface area contributed by atoms with E-state index in [9.17, 15) is 0 Å². The average molecular weight is 396 g/mol. The Morgan fingerprint density at radius 1 is 0.548 bits per heavy atom. The van der Waals surface area contributed by atoms with Crippen LogP contribution in [-0.2, 0) is 5.41 Å². The molecule has 0 radical (unpaired) electrons. The molecule has 4 aromatic carbocycles. The van der Waals surface area contributed by atoms with Crippen LogP contribution in [0.15, 0.2) is 84.9 Å². The molecular formula is C29H20N2. The fraction of sp³-hybridized carbons (Fsp3) is 0.0345. The first kappa shape index (κ1) is 18.6. The molecule has 31 heavy (non-hydrogen) atoms. The summed E-state index contributed by atoms with van der Waals surface area (Å²) in [5, 5.41) is 0. The molecule has 0 atom stereocenters. The molecule has 0 bridgehead atoms. The van der Waals surface area contributed by atoms with Crippen molar-refractivity contribution in [2.45, 2.75) is 5.41 Å². The zero-order valence-electron chi connectivity index (χ0n) is 16.9. The average Bonchev–Trinajstić information content (AvgIpc) is 3.09. The van der Waals surface area contributed by atoms with Crippen LogP contribution in [0.4, 0.5) is 11.4 Å². The largest absolute Gasteiger partial charge is 0.399 e. The van der Waals surface area contributed by atoms with E-state index in [-0.39, 0.29) is 0 Å². The van der Waals surface area contributed by atoms with Gasteiger partial charge in [0.25, 0.3) is 0 Å². The molecule has 0 spiro atoms. The van der Waals surface area contributed by atoms with Crippen molar-refractivity contribution in [3.05, 3.63) is 118 Å². The van der Waals surface area contributed by atoms with E-state index in [2.05, 4.69) is 60.4 Å². The van der Waals surface area contributed by atoms with Crippen molar-refractivity contribution in [1.82, 2.24) is 0 Å². The molecule has 0 saturated carbocycles. The number of rotatable bonds is 2. The van der Waals surface area contributed by atoms with E-state index in [4.69, 9.17) is 24.3 Å². The van der Waals surface area contributed by atoms with Crippen LogP contribution in [0.25, 0.3) is 11.1 Å². The molecule has 2 heteroatoms. The summed E-state index contributed by atoms with van der Waals surface area (Å²) in [5.74, 6) is 5.59. The van der Waals surface area contributed by atoms with E-state index < -0.39 is 5.41 Å². The van der Waals surface area contributed by atoms with Gasteiger partial charge in [-0.1, -0.05) is 48.2 Å². The van der Waals surface area contributed by atoms with Gasteiger partial charge in [-0.3, -0.25) is 0 Å². The first-order chi connectivity index (χ1) is 15.1. The lowest BCUT2D eigenvalue weighted by atomic mass is 9.67. The van der Waals surface area contributed by atoms with Gasteiger partial charge in [0.15, 0.2) is 0 Å². The van der Waals surface area contributed by atoms with Gasteiger partial charge in [-0.25, -0.2) is 0 Å². The third-order valence-electron chi connectivity index (χ3n) is 6.16. The third kappa shape index (κ3) is 2.63. The summed E-state index contributed by atoms with van der Waals surface area (Å²) in [6.45, 7) is 0. The number of benzene rings is 4. The number of nitrogen functional groups attached to an aromatic ring is 2. The topological polar surface area (TPSA) is 52.0 Å². The Morgan fingerprint density at radius 2 is 0.935 bits per heavy atom. The maximum atomic E-state index is 6.04. The van der Waals surface area contributed by atoms with Crippen molar-refractivity contribution >= 4 is 11.4 Å². The normalized spacial score (nSPS) is 13.0. The maximum absolute atomic E-state index is 6.04. The van der Waals surface area contributed by atoms with E-state index in [0.29, 0.717) is 11.4 Å². The van der Waals surface area contributed by atoms with Crippen molar-refractivity contribution in [2.75, 3.05) is 11.5 Å². The van der Waals surface area contributed by atoms with Gasteiger partial charge in [-0.15, -0.1) is 12.8 Å². The summed E-state index contributed by atoms with van der Waals surface area (Å²) in [5.41, 5.74) is 21.3. The van der Waals surface area contributed by atoms with Crippen LogP contribution in [0, 0.1) is 24.7 Å². The lowest BCUT2D eigenvalue weighted by molar-refractivity contribution is 0.768. The zero-order chi connectivity index (χ0) is 21.6. The van der Waals surface area contributed by atoms with Gasteiger partial charge in [-0.05, 0) is 81.9 Å². The highest BCUT2D eigenvalue weighted by atomic mass is 14.6. The second kappa shape index (κ2) is 6.84. The molecule has 4 N–H and O–H groups in total. The van der Waals surface area contributed by atoms with Gasteiger partial charge in [-0.2, -0.15) is 0 Å². The van der Waals surface area contributed by atoms with Crippen molar-refractivity contribution in [1.29, 1.82) is 0 Å². The molecule has 0 aromatic heterocycles. The van der Waals surface area contributed by atoms with E-state index in [1.807, 2.05) is 36.4 Å². The molecule has 1 aliphatic rings. The van der Waals surface area contributed by atoms with Crippen LogP contribution >= 0.6 is 0 Å². The minimum atomic E-state index is -0.591. The van der Waals surface area contributed by atoms with Gasteiger partial charge in [0.2, 0.25) is 0 Å². The van der Waals surface area contributed by atoms with Crippen LogP contribution < -0.4 is 11.5 Å². The highest BCUT2D eigenvalue weighted by Crippen LogP contribution is 2.56. The summed E-state index contributed by atoms with van der Waals surface area (Å²) in [4.78, 5) is 0. The monoisotopic (exact) mass is 396 g/mol. The first-order valence-corrected chi connectivity index (χ1v) is 10.0. The van der Waals surface area contributed by atoms with Gasteiger partial charge in [0, 0.05) is 22.5 Å². The minimum Gasteiger partial charge on any atom is -0.399 e. The zero-order valence-corrected chi connectivity index (χ0v) is 16.9. The molecule has 146 valence electrons. The first-order valence-electron chi connectivity index (χ1n) is 10.0. The van der Waals surface area contributed by atoms with Gasteiger partial charge in [0.05, 0.1) is 5.41 Å². The quantitative estimate of drug-likeness (QED) is 0.319. The van der Waals surface area contributed by atoms with E-state index in [0.717, 1.165) is 44.5 Å². The second-order valence-electron chi connectivity index (χ2n) is 7.80. The number of nitrogens with two attached hydrogens (primary N) is 2. The predicted octanol–water partition coefficient (Wildman–Crippen LogP) is 5.18. The lowest BCUT2D eigenvalue weighted by Crippen LogP contribution is -2.28. The molecule has 0 heterocycles. The van der Waals surface area contributed by atoms with Gasteiger partial charge in [0.1, 0.15) is 0 Å². The van der Waals surface area contributed by atoms with Crippen LogP contribution in [0.5, 0.6) is 0 Å². The van der Waals surface area contributed by atoms with Crippen molar-refractivity contribution in [3.8, 4) is 35.8 Å². The summed E-state index contributed by atoms with van der Waals surface area (Å²) in [7, 11) is 0. The number of terminal acetylenes is 2. The molecule has 5 rings (SSSR count). The molecule has 0 fully saturated rings. The highest BCUT2D eigenvalue weighted by Gasteiger charge is 2.46. The molecule has 0 unspecified atom stereocenters. The molecule has 4 aromatic rings. The van der Waals surface area contributed by atoms with E-state index in [1.165, 1.54) is 0 Å². The summed E-state index contributed by atoms with van der Waals surface area (Å²) >= 11 is 0. The third-order valence-corrected chi connectivity index (χ3v) is 6.16. The molecule has 2 nitrogen and oxygen atoms in total. The summed E-state index contributed by atoms with van der Waals surface area (Å²) in [6, 6.07) is 28.4. The van der Waals surface area contributed by atoms with E-state index in [1.54, 1.807) is 0 Å². The molecule has 0 aliphatic heterocycles. The Kier molecular flexibility index (Phi) is 4.11.